The average molecular weight is 251 g/mol. The number of aromatic nitrogens is 2. The van der Waals surface area contributed by atoms with Crippen LogP contribution in [-0.2, 0) is 6.42 Å². The number of rotatable bonds is 5. The molecule has 2 rings (SSSR count). The van der Waals surface area contributed by atoms with E-state index in [9.17, 15) is 9.90 Å². The summed E-state index contributed by atoms with van der Waals surface area (Å²) < 4.78 is 0. The summed E-state index contributed by atoms with van der Waals surface area (Å²) in [6.45, 7) is 2.30. The number of nitrogens with zero attached hydrogens (tertiary/aromatic N) is 1. The minimum atomic E-state index is -0.426. The predicted octanol–water partition coefficient (Wildman–Crippen LogP) is 1.25. The van der Waals surface area contributed by atoms with Gasteiger partial charge in [-0.25, -0.2) is 4.98 Å². The van der Waals surface area contributed by atoms with E-state index in [1.54, 1.807) is 0 Å². The van der Waals surface area contributed by atoms with Crippen molar-refractivity contribution in [3.8, 4) is 0 Å². The van der Waals surface area contributed by atoms with Crippen LogP contribution < -0.4 is 5.32 Å². The number of amides is 1. The average Bonchev–Trinajstić information content (AvgIpc) is 3.05. The standard InChI is InChI=1S/C13H21N3O2/c1-2-12-14-7-10(16-12)13(18)15-8-11(17)9-5-3-4-6-9/h7,9,11,17H,2-6,8H2,1H3,(H,14,16)(H,15,18). The molecule has 1 saturated carbocycles. The van der Waals surface area contributed by atoms with Crippen molar-refractivity contribution >= 4 is 5.91 Å². The number of H-pyrrole nitrogens is 1. The summed E-state index contributed by atoms with van der Waals surface area (Å²) in [5, 5.41) is 12.7. The Balaban J connectivity index is 1.80. The number of carbonyl (C=O) groups is 1. The van der Waals surface area contributed by atoms with Gasteiger partial charge in [-0.3, -0.25) is 4.79 Å². The van der Waals surface area contributed by atoms with E-state index >= 15 is 0 Å². The third kappa shape index (κ3) is 3.10. The Morgan fingerprint density at radius 2 is 2.33 bits per heavy atom. The Hall–Kier alpha value is -1.36. The molecule has 0 saturated heterocycles. The van der Waals surface area contributed by atoms with Gasteiger partial charge in [-0.1, -0.05) is 19.8 Å². The highest BCUT2D eigenvalue weighted by atomic mass is 16.3. The van der Waals surface area contributed by atoms with Crippen LogP contribution in [0.1, 0.15) is 48.9 Å². The Morgan fingerprint density at radius 1 is 1.61 bits per heavy atom. The van der Waals surface area contributed by atoms with E-state index in [1.807, 2.05) is 6.92 Å². The summed E-state index contributed by atoms with van der Waals surface area (Å²) in [5.74, 6) is 0.953. The molecule has 1 atom stereocenters. The number of hydrogen-bond donors (Lipinski definition) is 3. The third-order valence-corrected chi connectivity index (χ3v) is 3.62. The van der Waals surface area contributed by atoms with Crippen molar-refractivity contribution in [3.63, 3.8) is 0 Å². The van der Waals surface area contributed by atoms with Crippen LogP contribution in [0.3, 0.4) is 0 Å². The molecule has 1 heterocycles. The smallest absolute Gasteiger partial charge is 0.269 e. The Bertz CT molecular complexity index is 397. The summed E-state index contributed by atoms with van der Waals surface area (Å²) in [7, 11) is 0. The van der Waals surface area contributed by atoms with Crippen LogP contribution in [0.5, 0.6) is 0 Å². The van der Waals surface area contributed by atoms with Gasteiger partial charge in [-0.05, 0) is 18.8 Å². The van der Waals surface area contributed by atoms with Crippen molar-refractivity contribution in [2.75, 3.05) is 6.54 Å². The number of aliphatic hydroxyl groups is 1. The van der Waals surface area contributed by atoms with Gasteiger partial charge in [-0.2, -0.15) is 0 Å². The lowest BCUT2D eigenvalue weighted by molar-refractivity contribution is 0.0837. The van der Waals surface area contributed by atoms with Gasteiger partial charge in [0.15, 0.2) is 0 Å². The maximum Gasteiger partial charge on any atom is 0.269 e. The second-order valence-electron chi connectivity index (χ2n) is 4.92. The first-order valence-electron chi connectivity index (χ1n) is 6.71. The molecule has 1 aromatic heterocycles. The van der Waals surface area contributed by atoms with Crippen LogP contribution in [0.2, 0.25) is 0 Å². The Morgan fingerprint density at radius 3 is 2.94 bits per heavy atom. The minimum absolute atomic E-state index is 0.195. The van der Waals surface area contributed by atoms with Gasteiger partial charge in [0.25, 0.3) is 5.91 Å². The molecule has 1 aliphatic carbocycles. The fourth-order valence-corrected chi connectivity index (χ4v) is 2.46. The van der Waals surface area contributed by atoms with Crippen LogP contribution in [0.4, 0.5) is 0 Å². The Kier molecular flexibility index (Phi) is 4.36. The predicted molar refractivity (Wildman–Crippen MR) is 68.3 cm³/mol. The molecule has 0 bridgehead atoms. The number of carbonyl (C=O) groups excluding carboxylic acids is 1. The van der Waals surface area contributed by atoms with E-state index in [-0.39, 0.29) is 5.91 Å². The quantitative estimate of drug-likeness (QED) is 0.737. The second kappa shape index (κ2) is 6.00. The minimum Gasteiger partial charge on any atom is -0.391 e. The largest absolute Gasteiger partial charge is 0.391 e. The lowest BCUT2D eigenvalue weighted by Gasteiger charge is -2.17. The van der Waals surface area contributed by atoms with E-state index in [0.717, 1.165) is 25.1 Å². The fourth-order valence-electron chi connectivity index (χ4n) is 2.46. The summed E-state index contributed by atoms with van der Waals surface area (Å²) in [6, 6.07) is 0. The van der Waals surface area contributed by atoms with E-state index in [2.05, 4.69) is 15.3 Å². The van der Waals surface area contributed by atoms with E-state index in [4.69, 9.17) is 0 Å². The van der Waals surface area contributed by atoms with Crippen LogP contribution in [0.15, 0.2) is 6.20 Å². The first-order valence-corrected chi connectivity index (χ1v) is 6.71. The highest BCUT2D eigenvalue weighted by molar-refractivity contribution is 5.92. The van der Waals surface area contributed by atoms with Crippen LogP contribution in [0, 0.1) is 5.92 Å². The molecule has 5 nitrogen and oxygen atoms in total. The number of imidazole rings is 1. The summed E-state index contributed by atoms with van der Waals surface area (Å²) >= 11 is 0. The topological polar surface area (TPSA) is 78.0 Å². The normalized spacial score (nSPS) is 17.9. The van der Waals surface area contributed by atoms with Gasteiger partial charge in [-0.15, -0.1) is 0 Å². The van der Waals surface area contributed by atoms with Crippen LogP contribution >= 0.6 is 0 Å². The van der Waals surface area contributed by atoms with Crippen molar-refractivity contribution < 1.29 is 9.90 Å². The van der Waals surface area contributed by atoms with Gasteiger partial charge in [0, 0.05) is 13.0 Å². The number of nitrogens with one attached hydrogen (secondary N) is 2. The second-order valence-corrected chi connectivity index (χ2v) is 4.92. The van der Waals surface area contributed by atoms with E-state index in [0.29, 0.717) is 18.2 Å². The first kappa shape index (κ1) is 13.1. The van der Waals surface area contributed by atoms with Crippen LogP contribution in [-0.4, -0.2) is 33.6 Å². The Labute approximate surface area is 107 Å². The van der Waals surface area contributed by atoms with Crippen molar-refractivity contribution in [1.29, 1.82) is 0 Å². The molecule has 0 radical (unpaired) electrons. The van der Waals surface area contributed by atoms with Crippen molar-refractivity contribution in [3.05, 3.63) is 17.7 Å². The summed E-state index contributed by atoms with van der Waals surface area (Å²) in [5.41, 5.74) is 0.463. The van der Waals surface area contributed by atoms with E-state index < -0.39 is 6.10 Å². The zero-order valence-electron chi connectivity index (χ0n) is 10.8. The molecule has 100 valence electrons. The maximum absolute atomic E-state index is 11.8. The highest BCUT2D eigenvalue weighted by Gasteiger charge is 2.23. The van der Waals surface area contributed by atoms with Crippen LogP contribution in [0.25, 0.3) is 0 Å². The lowest BCUT2D eigenvalue weighted by Crippen LogP contribution is -2.35. The molecule has 1 fully saturated rings. The summed E-state index contributed by atoms with van der Waals surface area (Å²) in [4.78, 5) is 18.8. The first-order chi connectivity index (χ1) is 8.70. The van der Waals surface area contributed by atoms with Crippen molar-refractivity contribution in [2.45, 2.75) is 45.1 Å². The summed E-state index contributed by atoms with van der Waals surface area (Å²) in [6.07, 6.45) is 6.41. The SMILES string of the molecule is CCc1ncc(C(=O)NCC(O)C2CCCC2)[nH]1. The van der Waals surface area contributed by atoms with Gasteiger partial charge in [0.05, 0.1) is 12.3 Å². The molecule has 0 spiro atoms. The van der Waals surface area contributed by atoms with Gasteiger partial charge in [0.2, 0.25) is 0 Å². The monoisotopic (exact) mass is 251 g/mol. The molecule has 0 aromatic carbocycles. The number of aromatic amines is 1. The molecule has 3 N–H and O–H groups in total. The number of aliphatic hydroxyl groups excluding tert-OH is 1. The number of hydrogen-bond acceptors (Lipinski definition) is 3. The van der Waals surface area contributed by atoms with Gasteiger partial charge < -0.3 is 15.4 Å². The molecule has 1 unspecified atom stereocenters. The molecular weight excluding hydrogens is 230 g/mol. The molecule has 1 amide bonds. The molecule has 5 heteroatoms. The number of aryl methyl sites for hydroxylation is 1. The molecule has 1 aromatic rings. The third-order valence-electron chi connectivity index (χ3n) is 3.62. The van der Waals surface area contributed by atoms with E-state index in [1.165, 1.54) is 19.0 Å². The zero-order chi connectivity index (χ0) is 13.0. The molecule has 1 aliphatic rings. The zero-order valence-corrected chi connectivity index (χ0v) is 10.8. The molecule has 0 aliphatic heterocycles. The van der Waals surface area contributed by atoms with Crippen molar-refractivity contribution in [1.82, 2.24) is 15.3 Å². The highest BCUT2D eigenvalue weighted by Crippen LogP contribution is 2.27. The van der Waals surface area contributed by atoms with Gasteiger partial charge >= 0.3 is 0 Å². The molecular formula is C13H21N3O2. The maximum atomic E-state index is 11.8. The molecule has 18 heavy (non-hydrogen) atoms. The fraction of sp³-hybridized carbons (Fsp3) is 0.692. The lowest BCUT2D eigenvalue weighted by atomic mass is 10.0. The van der Waals surface area contributed by atoms with Gasteiger partial charge in [0.1, 0.15) is 11.5 Å². The van der Waals surface area contributed by atoms with Crippen molar-refractivity contribution in [2.24, 2.45) is 5.92 Å².